The van der Waals surface area contributed by atoms with Crippen molar-refractivity contribution < 1.29 is 9.90 Å². The van der Waals surface area contributed by atoms with Crippen molar-refractivity contribution in [3.8, 4) is 5.75 Å². The van der Waals surface area contributed by atoms with Crippen LogP contribution >= 0.6 is 0 Å². The zero-order chi connectivity index (χ0) is 21.6. The average molecular weight is 421 g/mol. The molecule has 0 aromatic heterocycles. The van der Waals surface area contributed by atoms with Crippen LogP contribution in [-0.4, -0.2) is 30.3 Å². The second kappa shape index (κ2) is 7.75. The Labute approximate surface area is 183 Å². The van der Waals surface area contributed by atoms with Gasteiger partial charge in [0, 0.05) is 18.0 Å². The fraction of sp³-hybridized carbons (Fsp3) is 0.480. The number of phenols is 1. The highest BCUT2D eigenvalue weighted by Gasteiger charge is 2.51. The molecule has 3 atom stereocenters. The van der Waals surface area contributed by atoms with E-state index in [9.17, 15) is 9.90 Å². The molecule has 2 aromatic carbocycles. The summed E-state index contributed by atoms with van der Waals surface area (Å²) < 4.78 is 0. The molecule has 2 fully saturated rings. The van der Waals surface area contributed by atoms with Crippen molar-refractivity contribution in [2.45, 2.75) is 56.9 Å². The molecular formula is C25H32N4O2. The molecule has 31 heavy (non-hydrogen) atoms. The van der Waals surface area contributed by atoms with Crippen molar-refractivity contribution in [1.82, 2.24) is 5.32 Å². The Bertz CT molecular complexity index is 1000. The highest BCUT2D eigenvalue weighted by molar-refractivity contribution is 5.95. The van der Waals surface area contributed by atoms with Crippen LogP contribution in [0.4, 0.5) is 21.9 Å². The highest BCUT2D eigenvalue weighted by Crippen LogP contribution is 2.55. The number of anilines is 3. The van der Waals surface area contributed by atoms with Crippen LogP contribution in [0.1, 0.15) is 50.2 Å². The van der Waals surface area contributed by atoms with Gasteiger partial charge >= 0.3 is 6.03 Å². The fourth-order valence-corrected chi connectivity index (χ4v) is 6.48. The van der Waals surface area contributed by atoms with E-state index < -0.39 is 6.03 Å². The highest BCUT2D eigenvalue weighted by atomic mass is 16.3. The Kier molecular flexibility index (Phi) is 5.05. The van der Waals surface area contributed by atoms with Crippen LogP contribution in [0.5, 0.6) is 5.75 Å². The van der Waals surface area contributed by atoms with Gasteiger partial charge in [0.25, 0.3) is 0 Å². The molecule has 0 radical (unpaired) electrons. The maximum absolute atomic E-state index is 11.9. The number of benzene rings is 2. The van der Waals surface area contributed by atoms with Gasteiger partial charge in [-0.05, 0) is 80.5 Å². The van der Waals surface area contributed by atoms with E-state index in [4.69, 9.17) is 5.73 Å². The molecule has 5 N–H and O–H groups in total. The quantitative estimate of drug-likeness (QED) is 0.552. The predicted octanol–water partition coefficient (Wildman–Crippen LogP) is 4.39. The lowest BCUT2D eigenvalue weighted by Crippen LogP contribution is -2.59. The Morgan fingerprint density at radius 2 is 2.10 bits per heavy atom. The first-order valence-electron chi connectivity index (χ1n) is 11.6. The summed E-state index contributed by atoms with van der Waals surface area (Å²) in [6, 6.07) is 11.7. The zero-order valence-corrected chi connectivity index (χ0v) is 18.2. The fourth-order valence-electron chi connectivity index (χ4n) is 6.48. The minimum atomic E-state index is -0.493. The summed E-state index contributed by atoms with van der Waals surface area (Å²) in [6.07, 6.45) is 7.25. The second-order valence-electron chi connectivity index (χ2n) is 9.27. The molecular weight excluding hydrogens is 388 g/mol. The Morgan fingerprint density at radius 3 is 2.90 bits per heavy atom. The van der Waals surface area contributed by atoms with Gasteiger partial charge in [0.1, 0.15) is 5.75 Å². The molecule has 1 saturated carbocycles. The monoisotopic (exact) mass is 420 g/mol. The lowest BCUT2D eigenvalue weighted by molar-refractivity contribution is 0.0796. The van der Waals surface area contributed by atoms with Crippen molar-refractivity contribution in [2.24, 2.45) is 11.7 Å². The van der Waals surface area contributed by atoms with Gasteiger partial charge in [-0.2, -0.15) is 0 Å². The summed E-state index contributed by atoms with van der Waals surface area (Å²) in [5.41, 5.74) is 10.6. The van der Waals surface area contributed by atoms with Gasteiger partial charge in [-0.25, -0.2) is 4.79 Å². The number of nitrogens with zero attached hydrogens (tertiary/aromatic N) is 1. The summed E-state index contributed by atoms with van der Waals surface area (Å²) in [5.74, 6) is 0.946. The molecule has 5 rings (SSSR count). The van der Waals surface area contributed by atoms with Crippen molar-refractivity contribution in [2.75, 3.05) is 23.3 Å². The molecule has 2 amide bonds. The number of urea groups is 1. The van der Waals surface area contributed by atoms with Crippen LogP contribution in [-0.2, 0) is 11.8 Å². The van der Waals surface area contributed by atoms with Crippen molar-refractivity contribution in [3.05, 3.63) is 47.5 Å². The first kappa shape index (κ1) is 20.2. The number of primary amides is 1. The molecule has 1 aliphatic heterocycles. The molecule has 2 aliphatic carbocycles. The van der Waals surface area contributed by atoms with Crippen molar-refractivity contribution >= 4 is 23.1 Å². The first-order chi connectivity index (χ1) is 15.0. The maximum Gasteiger partial charge on any atom is 0.319 e. The molecule has 1 saturated heterocycles. The number of carbonyl (C=O) groups excluding carboxylic acids is 1. The van der Waals surface area contributed by atoms with Gasteiger partial charge in [0.15, 0.2) is 0 Å². The smallest absolute Gasteiger partial charge is 0.319 e. The molecule has 2 bridgehead atoms. The van der Waals surface area contributed by atoms with Gasteiger partial charge in [-0.15, -0.1) is 0 Å². The normalized spacial score (nSPS) is 26.5. The van der Waals surface area contributed by atoms with Gasteiger partial charge in [-0.1, -0.05) is 25.0 Å². The third-order valence-corrected chi connectivity index (χ3v) is 7.81. The van der Waals surface area contributed by atoms with Gasteiger partial charge in [-0.3, -0.25) is 4.90 Å². The lowest BCUT2D eigenvalue weighted by atomic mass is 9.53. The number of fused-ring (bicyclic) bond motifs is 1. The third kappa shape index (κ3) is 3.24. The molecule has 3 aliphatic rings. The van der Waals surface area contributed by atoms with E-state index in [1.165, 1.54) is 41.7 Å². The van der Waals surface area contributed by atoms with Gasteiger partial charge < -0.3 is 21.5 Å². The molecule has 0 spiro atoms. The van der Waals surface area contributed by atoms with E-state index in [1.807, 2.05) is 37.3 Å². The van der Waals surface area contributed by atoms with Crippen molar-refractivity contribution in [3.63, 3.8) is 0 Å². The zero-order valence-electron chi connectivity index (χ0n) is 18.2. The molecule has 6 heteroatoms. The molecule has 6 nitrogen and oxygen atoms in total. The van der Waals surface area contributed by atoms with E-state index in [0.717, 1.165) is 25.1 Å². The number of aromatic hydroxyl groups is 1. The van der Waals surface area contributed by atoms with Crippen LogP contribution in [0, 0.1) is 5.92 Å². The molecule has 1 heterocycles. The lowest BCUT2D eigenvalue weighted by Gasteiger charge is -2.56. The largest absolute Gasteiger partial charge is 0.506 e. The van der Waals surface area contributed by atoms with Crippen LogP contribution in [0.25, 0.3) is 0 Å². The number of piperidine rings is 1. The molecule has 2 aromatic rings. The SMILES string of the molecule is CCN(C(N)=O)c1ccccc1Nc1cc2c(cc1O)[C@@]13CCCC[C@H]1[C@@H](C2)NCC3. The standard InChI is InChI=1S/C25H32N4O2/c1-2-29(24(26)31)22-9-4-3-8-19(22)28-21-14-16-13-20-17-7-5-6-10-25(17,11-12-27-20)18(16)15-23(21)30/h3-4,8-9,14-15,17,20,27-28,30H,2,5-7,10-13H2,1H3,(H2,26,31)/t17-,20+,25+/m0/s1. The van der Waals surface area contributed by atoms with E-state index in [2.05, 4.69) is 16.7 Å². The number of amides is 2. The van der Waals surface area contributed by atoms with E-state index in [1.54, 1.807) is 0 Å². The average Bonchev–Trinajstić information content (AvgIpc) is 2.76. The second-order valence-corrected chi connectivity index (χ2v) is 9.27. The van der Waals surface area contributed by atoms with E-state index in [-0.39, 0.29) is 11.2 Å². The molecule has 0 unspecified atom stereocenters. The third-order valence-electron chi connectivity index (χ3n) is 7.81. The predicted molar refractivity (Wildman–Crippen MR) is 124 cm³/mol. The van der Waals surface area contributed by atoms with Gasteiger partial charge in [0.05, 0.1) is 17.1 Å². The topological polar surface area (TPSA) is 90.6 Å². The summed E-state index contributed by atoms with van der Waals surface area (Å²) >= 11 is 0. The van der Waals surface area contributed by atoms with Crippen molar-refractivity contribution in [1.29, 1.82) is 0 Å². The number of hydrogen-bond donors (Lipinski definition) is 4. The van der Waals surface area contributed by atoms with Crippen LogP contribution in [0.15, 0.2) is 36.4 Å². The maximum atomic E-state index is 11.9. The van der Waals surface area contributed by atoms with E-state index >= 15 is 0 Å². The Balaban J connectivity index is 1.53. The summed E-state index contributed by atoms with van der Waals surface area (Å²) in [5, 5.41) is 18.2. The van der Waals surface area contributed by atoms with Crippen LogP contribution in [0.3, 0.4) is 0 Å². The Morgan fingerprint density at radius 1 is 1.26 bits per heavy atom. The number of nitrogens with two attached hydrogens (primary N) is 1. The van der Waals surface area contributed by atoms with Crippen LogP contribution < -0.4 is 21.3 Å². The number of nitrogens with one attached hydrogen (secondary N) is 2. The number of rotatable bonds is 4. The number of hydrogen-bond acceptors (Lipinski definition) is 4. The minimum absolute atomic E-state index is 0.209. The number of para-hydroxylation sites is 2. The number of carbonyl (C=O) groups is 1. The van der Waals surface area contributed by atoms with E-state index in [0.29, 0.717) is 29.9 Å². The first-order valence-corrected chi connectivity index (χ1v) is 11.6. The minimum Gasteiger partial charge on any atom is -0.506 e. The molecule has 164 valence electrons. The van der Waals surface area contributed by atoms with Gasteiger partial charge in [0.2, 0.25) is 0 Å². The van der Waals surface area contributed by atoms with Crippen LogP contribution in [0.2, 0.25) is 0 Å². The summed E-state index contributed by atoms with van der Waals surface area (Å²) in [4.78, 5) is 13.4. The Hall–Kier alpha value is -2.73. The summed E-state index contributed by atoms with van der Waals surface area (Å²) in [6.45, 7) is 3.43. The number of phenolic OH excluding ortho intramolecular Hbond substituents is 1. The summed E-state index contributed by atoms with van der Waals surface area (Å²) in [7, 11) is 0.